The zero-order chi connectivity index (χ0) is 24.2. The molecule has 174 valence electrons. The van der Waals surface area contributed by atoms with E-state index in [2.05, 4.69) is 10.6 Å². The van der Waals surface area contributed by atoms with Gasteiger partial charge < -0.3 is 21.3 Å². The molecule has 0 spiro atoms. The Bertz CT molecular complexity index is 1230. The number of carbonyl (C=O) groups excluding carboxylic acids is 3. The van der Waals surface area contributed by atoms with Crippen LogP contribution in [-0.4, -0.2) is 35.2 Å². The van der Waals surface area contributed by atoms with Crippen LogP contribution in [0.15, 0.2) is 66.7 Å². The van der Waals surface area contributed by atoms with E-state index in [-0.39, 0.29) is 23.5 Å². The summed E-state index contributed by atoms with van der Waals surface area (Å²) in [6.07, 6.45) is 1.23. The quantitative estimate of drug-likeness (QED) is 0.478. The summed E-state index contributed by atoms with van der Waals surface area (Å²) in [6, 6.07) is 17.1. The van der Waals surface area contributed by atoms with Crippen LogP contribution in [0.25, 0.3) is 11.1 Å². The third kappa shape index (κ3) is 5.06. The number of benzene rings is 3. The van der Waals surface area contributed by atoms with Gasteiger partial charge in [0.15, 0.2) is 0 Å². The molecule has 4 N–H and O–H groups in total. The van der Waals surface area contributed by atoms with E-state index in [1.807, 2.05) is 0 Å². The lowest BCUT2D eigenvalue weighted by atomic mass is 10.0. The van der Waals surface area contributed by atoms with Crippen LogP contribution in [0.3, 0.4) is 0 Å². The van der Waals surface area contributed by atoms with E-state index < -0.39 is 6.04 Å². The number of carbonyl (C=O) groups is 3. The van der Waals surface area contributed by atoms with E-state index in [9.17, 15) is 18.8 Å². The maximum absolute atomic E-state index is 13.2. The normalized spacial score (nSPS) is 14.1. The fourth-order valence-electron chi connectivity index (χ4n) is 3.85. The summed E-state index contributed by atoms with van der Waals surface area (Å²) in [5.74, 6) is -0.988. The molecule has 0 unspecified atom stereocenters. The number of hydrogen-bond acceptors (Lipinski definition) is 4. The second-order valence-corrected chi connectivity index (χ2v) is 8.20. The molecule has 0 saturated carbocycles. The third-order valence-electron chi connectivity index (χ3n) is 5.85. The van der Waals surface area contributed by atoms with Crippen LogP contribution in [0.2, 0.25) is 0 Å². The monoisotopic (exact) mass is 460 g/mol. The van der Waals surface area contributed by atoms with Crippen LogP contribution >= 0.6 is 0 Å². The zero-order valence-electron chi connectivity index (χ0n) is 18.7. The summed E-state index contributed by atoms with van der Waals surface area (Å²) in [5.41, 5.74) is 9.36. The number of anilines is 3. The largest absolute Gasteiger partial charge is 0.397 e. The van der Waals surface area contributed by atoms with Crippen molar-refractivity contribution < 1.29 is 18.8 Å². The first-order valence-corrected chi connectivity index (χ1v) is 11.0. The standard InChI is InChI=1S/C26H25FN4O3/c1-16(31-14-2-3-24(31)32)25(33)29-21-11-6-18(7-12-21)26(34)30-23-15-19(8-13-22(23)28)17-4-9-20(27)10-5-17/h4-13,15-16H,2-3,14,28H2,1H3,(H,29,33)(H,30,34)/t16-/m1/s1. The number of nitrogens with one attached hydrogen (secondary N) is 2. The molecular weight excluding hydrogens is 435 g/mol. The summed E-state index contributed by atoms with van der Waals surface area (Å²) in [6.45, 7) is 2.28. The number of nitrogens with two attached hydrogens (primary N) is 1. The van der Waals surface area contributed by atoms with Gasteiger partial charge in [-0.1, -0.05) is 18.2 Å². The summed E-state index contributed by atoms with van der Waals surface area (Å²) < 4.78 is 13.2. The van der Waals surface area contributed by atoms with Gasteiger partial charge in [-0.05, 0) is 73.0 Å². The molecule has 0 aromatic heterocycles. The highest BCUT2D eigenvalue weighted by atomic mass is 19.1. The Morgan fingerprint density at radius 1 is 0.971 bits per heavy atom. The molecule has 0 aliphatic carbocycles. The molecule has 1 fully saturated rings. The van der Waals surface area contributed by atoms with Crippen molar-refractivity contribution in [2.75, 3.05) is 22.9 Å². The van der Waals surface area contributed by atoms with E-state index in [1.165, 1.54) is 12.1 Å². The fraction of sp³-hybridized carbons (Fsp3) is 0.192. The molecule has 0 radical (unpaired) electrons. The number of hydrogen-bond donors (Lipinski definition) is 3. The molecule has 1 aliphatic heterocycles. The van der Waals surface area contributed by atoms with Crippen molar-refractivity contribution in [1.82, 2.24) is 4.90 Å². The molecule has 3 aromatic carbocycles. The summed E-state index contributed by atoms with van der Waals surface area (Å²) in [5, 5.41) is 5.58. The number of nitrogens with zero attached hydrogens (tertiary/aromatic N) is 1. The third-order valence-corrected chi connectivity index (χ3v) is 5.85. The Balaban J connectivity index is 1.42. The van der Waals surface area contributed by atoms with E-state index in [4.69, 9.17) is 5.73 Å². The predicted molar refractivity (Wildman–Crippen MR) is 130 cm³/mol. The van der Waals surface area contributed by atoms with E-state index >= 15 is 0 Å². The molecule has 1 heterocycles. The first-order valence-electron chi connectivity index (χ1n) is 11.0. The Kier molecular flexibility index (Phi) is 6.58. The lowest BCUT2D eigenvalue weighted by Gasteiger charge is -2.23. The highest BCUT2D eigenvalue weighted by Gasteiger charge is 2.29. The molecule has 7 nitrogen and oxygen atoms in total. The van der Waals surface area contributed by atoms with Gasteiger partial charge in [-0.2, -0.15) is 0 Å². The number of halogens is 1. The summed E-state index contributed by atoms with van der Waals surface area (Å²) >= 11 is 0. The average Bonchev–Trinajstić information content (AvgIpc) is 3.26. The van der Waals surface area contributed by atoms with Crippen LogP contribution in [0, 0.1) is 5.82 Å². The van der Waals surface area contributed by atoms with Crippen molar-refractivity contribution in [3.05, 3.63) is 78.1 Å². The van der Waals surface area contributed by atoms with Crippen LogP contribution in [0.1, 0.15) is 30.1 Å². The van der Waals surface area contributed by atoms with E-state index in [0.717, 1.165) is 17.5 Å². The van der Waals surface area contributed by atoms with Crippen LogP contribution in [0.5, 0.6) is 0 Å². The molecule has 1 saturated heterocycles. The van der Waals surface area contributed by atoms with Crippen molar-refractivity contribution in [1.29, 1.82) is 0 Å². The molecule has 1 atom stereocenters. The minimum Gasteiger partial charge on any atom is -0.397 e. The number of rotatable bonds is 6. The molecule has 3 aromatic rings. The predicted octanol–water partition coefficient (Wildman–Crippen LogP) is 4.28. The first kappa shape index (κ1) is 23.0. The summed E-state index contributed by atoms with van der Waals surface area (Å²) in [7, 11) is 0. The van der Waals surface area contributed by atoms with Crippen LogP contribution < -0.4 is 16.4 Å². The highest BCUT2D eigenvalue weighted by molar-refractivity contribution is 6.06. The smallest absolute Gasteiger partial charge is 0.255 e. The number of likely N-dealkylation sites (tertiary alicyclic amines) is 1. The van der Waals surface area contributed by atoms with Gasteiger partial charge in [-0.15, -0.1) is 0 Å². The summed E-state index contributed by atoms with van der Waals surface area (Å²) in [4.78, 5) is 38.7. The van der Waals surface area contributed by atoms with Crippen molar-refractivity contribution in [2.24, 2.45) is 0 Å². The van der Waals surface area contributed by atoms with Crippen LogP contribution in [-0.2, 0) is 9.59 Å². The SMILES string of the molecule is C[C@H](C(=O)Nc1ccc(C(=O)Nc2cc(-c3ccc(F)cc3)ccc2N)cc1)N1CCCC1=O. The van der Waals surface area contributed by atoms with Gasteiger partial charge in [0.1, 0.15) is 11.9 Å². The Morgan fingerprint density at radius 2 is 1.65 bits per heavy atom. The number of amides is 3. The van der Waals surface area contributed by atoms with Gasteiger partial charge in [0.25, 0.3) is 5.91 Å². The zero-order valence-corrected chi connectivity index (χ0v) is 18.7. The maximum Gasteiger partial charge on any atom is 0.255 e. The molecule has 8 heteroatoms. The van der Waals surface area contributed by atoms with Gasteiger partial charge in [0, 0.05) is 24.2 Å². The fourth-order valence-corrected chi connectivity index (χ4v) is 3.85. The van der Waals surface area contributed by atoms with Crippen molar-refractivity contribution in [3.63, 3.8) is 0 Å². The Labute approximate surface area is 196 Å². The second kappa shape index (κ2) is 9.74. The maximum atomic E-state index is 13.2. The van der Waals surface area contributed by atoms with Crippen molar-refractivity contribution >= 4 is 34.8 Å². The molecule has 1 aliphatic rings. The van der Waals surface area contributed by atoms with Gasteiger partial charge in [-0.3, -0.25) is 14.4 Å². The van der Waals surface area contributed by atoms with Gasteiger partial charge >= 0.3 is 0 Å². The van der Waals surface area contributed by atoms with Crippen LogP contribution in [0.4, 0.5) is 21.5 Å². The second-order valence-electron chi connectivity index (χ2n) is 8.20. The van der Waals surface area contributed by atoms with Gasteiger partial charge in [-0.25, -0.2) is 4.39 Å². The van der Waals surface area contributed by atoms with Gasteiger partial charge in [0.2, 0.25) is 11.8 Å². The molecule has 0 bridgehead atoms. The van der Waals surface area contributed by atoms with Crippen molar-refractivity contribution in [2.45, 2.75) is 25.8 Å². The topological polar surface area (TPSA) is 105 Å². The lowest BCUT2D eigenvalue weighted by molar-refractivity contribution is -0.134. The average molecular weight is 461 g/mol. The van der Waals surface area contributed by atoms with E-state index in [0.29, 0.717) is 35.6 Å². The molecule has 4 rings (SSSR count). The molecular formula is C26H25FN4O3. The molecule has 3 amide bonds. The van der Waals surface area contributed by atoms with E-state index in [1.54, 1.807) is 66.4 Å². The Morgan fingerprint density at radius 3 is 2.29 bits per heavy atom. The first-order chi connectivity index (χ1) is 16.3. The minimum absolute atomic E-state index is 0.0163. The highest BCUT2D eigenvalue weighted by Crippen LogP contribution is 2.28. The minimum atomic E-state index is -0.561. The van der Waals surface area contributed by atoms with Crippen molar-refractivity contribution in [3.8, 4) is 11.1 Å². The molecule has 34 heavy (non-hydrogen) atoms. The van der Waals surface area contributed by atoms with Gasteiger partial charge in [0.05, 0.1) is 11.4 Å². The lowest BCUT2D eigenvalue weighted by Crippen LogP contribution is -2.42. The Hall–Kier alpha value is -4.20. The number of nitrogen functional groups attached to an aromatic ring is 1.